The average Bonchev–Trinajstić information content (AvgIpc) is 2.97. The van der Waals surface area contributed by atoms with Crippen LogP contribution in [0.4, 0.5) is 4.39 Å². The summed E-state index contributed by atoms with van der Waals surface area (Å²) in [6, 6.07) is 8.02. The number of rotatable bonds is 3. The van der Waals surface area contributed by atoms with Gasteiger partial charge >= 0.3 is 0 Å². The summed E-state index contributed by atoms with van der Waals surface area (Å²) in [6.07, 6.45) is 2.31. The van der Waals surface area contributed by atoms with E-state index in [2.05, 4.69) is 6.92 Å². The van der Waals surface area contributed by atoms with Gasteiger partial charge in [-0.05, 0) is 44.7 Å². The molecule has 1 aliphatic carbocycles. The summed E-state index contributed by atoms with van der Waals surface area (Å²) >= 11 is 0. The van der Waals surface area contributed by atoms with Crippen molar-refractivity contribution in [2.75, 3.05) is 0 Å². The van der Waals surface area contributed by atoms with Gasteiger partial charge in [0, 0.05) is 11.5 Å². The SMILES string of the molecule is CC(N)C1(c2ccc(C(C)(C)F)cc2)CC1. The molecule has 1 unspecified atom stereocenters. The Labute approximate surface area is 96.9 Å². The van der Waals surface area contributed by atoms with Gasteiger partial charge in [-0.25, -0.2) is 4.39 Å². The Morgan fingerprint density at radius 3 is 2.06 bits per heavy atom. The maximum absolute atomic E-state index is 13.7. The second kappa shape index (κ2) is 3.56. The van der Waals surface area contributed by atoms with Crippen molar-refractivity contribution >= 4 is 0 Å². The van der Waals surface area contributed by atoms with Crippen molar-refractivity contribution in [1.82, 2.24) is 0 Å². The van der Waals surface area contributed by atoms with Crippen LogP contribution in [0.25, 0.3) is 0 Å². The summed E-state index contributed by atoms with van der Waals surface area (Å²) in [5.74, 6) is 0. The minimum absolute atomic E-state index is 0.166. The lowest BCUT2D eigenvalue weighted by atomic mass is 9.87. The molecule has 1 aromatic carbocycles. The zero-order valence-corrected chi connectivity index (χ0v) is 10.3. The van der Waals surface area contributed by atoms with Gasteiger partial charge in [0.05, 0.1) is 0 Å². The third-order valence-corrected chi connectivity index (χ3v) is 3.81. The minimum Gasteiger partial charge on any atom is -0.327 e. The standard InChI is InChI=1S/C14H20FN/c1-10(16)14(8-9-14)12-6-4-11(5-7-12)13(2,3)15/h4-7,10H,8-9,16H2,1-3H3. The van der Waals surface area contributed by atoms with Gasteiger partial charge in [0.15, 0.2) is 0 Å². The Morgan fingerprint density at radius 2 is 1.75 bits per heavy atom. The van der Waals surface area contributed by atoms with Crippen LogP contribution in [-0.4, -0.2) is 6.04 Å². The molecule has 16 heavy (non-hydrogen) atoms. The normalized spacial score (nSPS) is 20.6. The molecule has 0 heterocycles. The van der Waals surface area contributed by atoms with E-state index in [0.29, 0.717) is 0 Å². The number of hydrogen-bond donors (Lipinski definition) is 1. The highest BCUT2D eigenvalue weighted by atomic mass is 19.1. The first-order valence-electron chi connectivity index (χ1n) is 5.92. The number of alkyl halides is 1. The van der Waals surface area contributed by atoms with E-state index in [1.165, 1.54) is 5.56 Å². The third kappa shape index (κ3) is 1.86. The van der Waals surface area contributed by atoms with Gasteiger partial charge in [0.25, 0.3) is 0 Å². The largest absolute Gasteiger partial charge is 0.327 e. The van der Waals surface area contributed by atoms with E-state index < -0.39 is 5.67 Å². The van der Waals surface area contributed by atoms with Crippen molar-refractivity contribution in [2.24, 2.45) is 5.73 Å². The number of nitrogens with two attached hydrogens (primary N) is 1. The van der Waals surface area contributed by atoms with Crippen molar-refractivity contribution in [3.8, 4) is 0 Å². The summed E-state index contributed by atoms with van der Waals surface area (Å²) < 4.78 is 13.7. The van der Waals surface area contributed by atoms with E-state index in [-0.39, 0.29) is 11.5 Å². The number of hydrogen-bond acceptors (Lipinski definition) is 1. The number of benzene rings is 1. The molecule has 1 nitrogen and oxygen atoms in total. The van der Waals surface area contributed by atoms with Crippen LogP contribution in [0.3, 0.4) is 0 Å². The van der Waals surface area contributed by atoms with Crippen LogP contribution in [0.1, 0.15) is 44.7 Å². The lowest BCUT2D eigenvalue weighted by Crippen LogP contribution is -2.31. The maximum Gasteiger partial charge on any atom is 0.130 e. The molecule has 2 rings (SSSR count). The monoisotopic (exact) mass is 221 g/mol. The zero-order chi connectivity index (χ0) is 12.0. The first-order valence-corrected chi connectivity index (χ1v) is 5.92. The first kappa shape index (κ1) is 11.6. The number of halogens is 1. The molecule has 1 fully saturated rings. The fourth-order valence-corrected chi connectivity index (χ4v) is 2.34. The summed E-state index contributed by atoms with van der Waals surface area (Å²) in [7, 11) is 0. The van der Waals surface area contributed by atoms with Gasteiger partial charge in [0.2, 0.25) is 0 Å². The molecule has 0 bridgehead atoms. The predicted molar refractivity (Wildman–Crippen MR) is 65.1 cm³/mol. The van der Waals surface area contributed by atoms with E-state index in [1.807, 2.05) is 24.3 Å². The van der Waals surface area contributed by atoms with Crippen molar-refractivity contribution in [2.45, 2.75) is 50.7 Å². The van der Waals surface area contributed by atoms with Gasteiger partial charge in [-0.2, -0.15) is 0 Å². The van der Waals surface area contributed by atoms with Gasteiger partial charge < -0.3 is 5.73 Å². The topological polar surface area (TPSA) is 26.0 Å². The lowest BCUT2D eigenvalue weighted by molar-refractivity contribution is 0.221. The molecule has 1 aromatic rings. The van der Waals surface area contributed by atoms with Gasteiger partial charge in [-0.15, -0.1) is 0 Å². The zero-order valence-electron chi connectivity index (χ0n) is 10.3. The van der Waals surface area contributed by atoms with Crippen LogP contribution >= 0.6 is 0 Å². The van der Waals surface area contributed by atoms with Crippen LogP contribution in [0.5, 0.6) is 0 Å². The van der Waals surface area contributed by atoms with Gasteiger partial charge in [-0.3, -0.25) is 0 Å². The molecule has 88 valence electrons. The van der Waals surface area contributed by atoms with Gasteiger partial charge in [0.1, 0.15) is 5.67 Å². The molecule has 0 aromatic heterocycles. The highest BCUT2D eigenvalue weighted by Crippen LogP contribution is 2.50. The van der Waals surface area contributed by atoms with E-state index >= 15 is 0 Å². The second-order valence-corrected chi connectivity index (χ2v) is 5.49. The summed E-state index contributed by atoms with van der Waals surface area (Å²) in [4.78, 5) is 0. The Morgan fingerprint density at radius 1 is 1.25 bits per heavy atom. The Hall–Kier alpha value is -0.890. The molecule has 1 aliphatic rings. The summed E-state index contributed by atoms with van der Waals surface area (Å²) in [6.45, 7) is 5.22. The Bertz CT molecular complexity index is 369. The molecular formula is C14H20FN. The van der Waals surface area contributed by atoms with Crippen molar-refractivity contribution in [1.29, 1.82) is 0 Å². The van der Waals surface area contributed by atoms with Gasteiger partial charge in [-0.1, -0.05) is 24.3 Å². The van der Waals surface area contributed by atoms with E-state index in [0.717, 1.165) is 18.4 Å². The predicted octanol–water partition coefficient (Wildman–Crippen LogP) is 3.27. The molecule has 1 saturated carbocycles. The minimum atomic E-state index is -1.26. The van der Waals surface area contributed by atoms with Crippen LogP contribution in [0.15, 0.2) is 24.3 Å². The molecule has 0 aliphatic heterocycles. The Kier molecular flexibility index (Phi) is 2.58. The summed E-state index contributed by atoms with van der Waals surface area (Å²) in [5.41, 5.74) is 6.91. The van der Waals surface area contributed by atoms with Crippen LogP contribution in [0.2, 0.25) is 0 Å². The highest BCUT2D eigenvalue weighted by molar-refractivity contribution is 5.36. The third-order valence-electron chi connectivity index (χ3n) is 3.81. The second-order valence-electron chi connectivity index (χ2n) is 5.49. The van der Waals surface area contributed by atoms with Crippen molar-refractivity contribution in [3.63, 3.8) is 0 Å². The average molecular weight is 221 g/mol. The summed E-state index contributed by atoms with van der Waals surface area (Å²) in [5, 5.41) is 0. The molecule has 0 saturated heterocycles. The van der Waals surface area contributed by atoms with Crippen LogP contribution in [0, 0.1) is 0 Å². The maximum atomic E-state index is 13.7. The highest BCUT2D eigenvalue weighted by Gasteiger charge is 2.47. The molecule has 0 spiro atoms. The fourth-order valence-electron chi connectivity index (χ4n) is 2.34. The first-order chi connectivity index (χ1) is 7.36. The smallest absolute Gasteiger partial charge is 0.130 e. The van der Waals surface area contributed by atoms with E-state index in [1.54, 1.807) is 13.8 Å². The Balaban J connectivity index is 2.27. The fraction of sp³-hybridized carbons (Fsp3) is 0.571. The molecule has 1 atom stereocenters. The molecular weight excluding hydrogens is 201 g/mol. The van der Waals surface area contributed by atoms with E-state index in [4.69, 9.17) is 5.73 Å². The lowest BCUT2D eigenvalue weighted by Gasteiger charge is -2.21. The molecule has 0 radical (unpaired) electrons. The molecule has 2 N–H and O–H groups in total. The quantitative estimate of drug-likeness (QED) is 0.833. The van der Waals surface area contributed by atoms with Crippen molar-refractivity contribution < 1.29 is 4.39 Å². The van der Waals surface area contributed by atoms with E-state index in [9.17, 15) is 4.39 Å². The van der Waals surface area contributed by atoms with Crippen LogP contribution in [-0.2, 0) is 11.1 Å². The van der Waals surface area contributed by atoms with Crippen molar-refractivity contribution in [3.05, 3.63) is 35.4 Å². The molecule has 0 amide bonds. The molecule has 2 heteroatoms. The van der Waals surface area contributed by atoms with Crippen LogP contribution < -0.4 is 5.73 Å².